The Morgan fingerprint density at radius 3 is 2.71 bits per heavy atom. The Morgan fingerprint density at radius 1 is 1.18 bits per heavy atom. The Hall–Kier alpha value is -1.36. The summed E-state index contributed by atoms with van der Waals surface area (Å²) in [7, 11) is 0. The second-order valence-electron chi connectivity index (χ2n) is 4.30. The summed E-state index contributed by atoms with van der Waals surface area (Å²) in [5.74, 6) is -1.97. The molecule has 0 radical (unpaired) electrons. The molecule has 3 rings (SSSR count). The molecule has 0 aromatic heterocycles. The molecular formula is C12H12F2O3. The molecule has 2 aliphatic rings. The fourth-order valence-electron chi connectivity index (χ4n) is 2.59. The van der Waals surface area contributed by atoms with E-state index in [-0.39, 0.29) is 24.0 Å². The van der Waals surface area contributed by atoms with Gasteiger partial charge in [0.15, 0.2) is 11.5 Å². The average molecular weight is 242 g/mol. The highest BCUT2D eigenvalue weighted by Gasteiger charge is 2.36. The molecule has 2 aliphatic heterocycles. The second-order valence-corrected chi connectivity index (χ2v) is 4.30. The maximum atomic E-state index is 13.7. The standard InChI is InChI=1S/C12H12F2O3/c13-9-10(14)12-8(6(1-3-15)5-17-12)7-2-4-16-11(7)9/h6,15H,1-5H2. The van der Waals surface area contributed by atoms with Gasteiger partial charge in [-0.05, 0) is 6.42 Å². The van der Waals surface area contributed by atoms with Gasteiger partial charge in [0, 0.05) is 30.1 Å². The third-order valence-corrected chi connectivity index (χ3v) is 3.35. The van der Waals surface area contributed by atoms with Crippen LogP contribution in [0, 0.1) is 11.6 Å². The highest BCUT2D eigenvalue weighted by Crippen LogP contribution is 2.47. The van der Waals surface area contributed by atoms with Crippen LogP contribution in [0.25, 0.3) is 0 Å². The zero-order valence-corrected chi connectivity index (χ0v) is 9.13. The number of fused-ring (bicyclic) bond motifs is 3. The molecule has 1 atom stereocenters. The summed E-state index contributed by atoms with van der Waals surface area (Å²) in [6.07, 6.45) is 1.06. The molecule has 2 heterocycles. The molecule has 92 valence electrons. The molecule has 1 aromatic carbocycles. The fraction of sp³-hybridized carbons (Fsp3) is 0.500. The van der Waals surface area contributed by atoms with Crippen molar-refractivity contribution in [3.63, 3.8) is 0 Å². The maximum Gasteiger partial charge on any atom is 0.204 e. The van der Waals surface area contributed by atoms with Crippen LogP contribution in [0.2, 0.25) is 0 Å². The van der Waals surface area contributed by atoms with Gasteiger partial charge in [0.25, 0.3) is 0 Å². The smallest absolute Gasteiger partial charge is 0.204 e. The number of ether oxygens (including phenoxy) is 2. The molecule has 5 heteroatoms. The van der Waals surface area contributed by atoms with Crippen molar-refractivity contribution < 1.29 is 23.4 Å². The summed E-state index contributed by atoms with van der Waals surface area (Å²) in [5, 5.41) is 8.97. The van der Waals surface area contributed by atoms with E-state index in [2.05, 4.69) is 0 Å². The van der Waals surface area contributed by atoms with Crippen molar-refractivity contribution in [1.29, 1.82) is 0 Å². The highest BCUT2D eigenvalue weighted by atomic mass is 19.2. The van der Waals surface area contributed by atoms with E-state index in [1.54, 1.807) is 0 Å². The first-order chi connectivity index (χ1) is 8.24. The first kappa shape index (κ1) is 10.8. The lowest BCUT2D eigenvalue weighted by Gasteiger charge is -2.11. The largest absolute Gasteiger partial charge is 0.490 e. The van der Waals surface area contributed by atoms with Gasteiger partial charge < -0.3 is 14.6 Å². The van der Waals surface area contributed by atoms with Gasteiger partial charge >= 0.3 is 0 Å². The molecule has 3 nitrogen and oxygen atoms in total. The Kier molecular flexibility index (Phi) is 2.43. The van der Waals surface area contributed by atoms with Crippen LogP contribution < -0.4 is 9.47 Å². The number of halogens is 2. The van der Waals surface area contributed by atoms with Crippen molar-refractivity contribution in [3.8, 4) is 11.5 Å². The van der Waals surface area contributed by atoms with Crippen LogP contribution in [0.3, 0.4) is 0 Å². The van der Waals surface area contributed by atoms with Gasteiger partial charge in [-0.15, -0.1) is 0 Å². The Bertz CT molecular complexity index is 474. The van der Waals surface area contributed by atoms with E-state index >= 15 is 0 Å². The van der Waals surface area contributed by atoms with Gasteiger partial charge in [0.1, 0.15) is 0 Å². The summed E-state index contributed by atoms with van der Waals surface area (Å²) in [6.45, 7) is 0.665. The molecule has 0 spiro atoms. The summed E-state index contributed by atoms with van der Waals surface area (Å²) in [5.41, 5.74) is 1.39. The van der Waals surface area contributed by atoms with Crippen LogP contribution in [-0.4, -0.2) is 24.9 Å². The lowest BCUT2D eigenvalue weighted by Crippen LogP contribution is -2.04. The molecule has 0 amide bonds. The van der Waals surface area contributed by atoms with Crippen molar-refractivity contribution in [2.75, 3.05) is 19.8 Å². The van der Waals surface area contributed by atoms with Gasteiger partial charge in [0.05, 0.1) is 13.2 Å². The van der Waals surface area contributed by atoms with Gasteiger partial charge in [-0.2, -0.15) is 8.78 Å². The van der Waals surface area contributed by atoms with E-state index in [9.17, 15) is 8.78 Å². The molecule has 0 fully saturated rings. The fourth-order valence-corrected chi connectivity index (χ4v) is 2.59. The Morgan fingerprint density at radius 2 is 1.94 bits per heavy atom. The molecule has 1 N–H and O–H groups in total. The van der Waals surface area contributed by atoms with Crippen LogP contribution in [-0.2, 0) is 6.42 Å². The van der Waals surface area contributed by atoms with Crippen molar-refractivity contribution in [3.05, 3.63) is 22.8 Å². The third-order valence-electron chi connectivity index (χ3n) is 3.35. The quantitative estimate of drug-likeness (QED) is 0.858. The number of aliphatic hydroxyl groups is 1. The first-order valence-electron chi connectivity index (χ1n) is 5.64. The minimum atomic E-state index is -0.971. The molecule has 1 aromatic rings. The summed E-state index contributed by atoms with van der Waals surface area (Å²) in [6, 6.07) is 0. The van der Waals surface area contributed by atoms with Crippen molar-refractivity contribution in [2.24, 2.45) is 0 Å². The van der Waals surface area contributed by atoms with Crippen LogP contribution in [0.1, 0.15) is 23.5 Å². The van der Waals surface area contributed by atoms with E-state index < -0.39 is 11.6 Å². The number of hydrogen-bond donors (Lipinski definition) is 1. The van der Waals surface area contributed by atoms with Crippen LogP contribution in [0.4, 0.5) is 8.78 Å². The van der Waals surface area contributed by atoms with Gasteiger partial charge in [-0.3, -0.25) is 0 Å². The van der Waals surface area contributed by atoms with Crippen molar-refractivity contribution in [1.82, 2.24) is 0 Å². The Balaban J connectivity index is 2.18. The number of rotatable bonds is 2. The minimum absolute atomic E-state index is 0.00208. The summed E-state index contributed by atoms with van der Waals surface area (Å²) >= 11 is 0. The SMILES string of the molecule is OCCC1COc2c(F)c(F)c3c(c21)CCO3. The predicted octanol–water partition coefficient (Wildman–Crippen LogP) is 1.76. The molecule has 0 bridgehead atoms. The van der Waals surface area contributed by atoms with E-state index in [1.807, 2.05) is 0 Å². The van der Waals surface area contributed by atoms with Crippen LogP contribution in [0.15, 0.2) is 0 Å². The van der Waals surface area contributed by atoms with Gasteiger partial charge in [-0.25, -0.2) is 0 Å². The lowest BCUT2D eigenvalue weighted by atomic mass is 9.92. The molecule has 0 aliphatic carbocycles. The van der Waals surface area contributed by atoms with Crippen LogP contribution >= 0.6 is 0 Å². The zero-order valence-electron chi connectivity index (χ0n) is 9.13. The summed E-state index contributed by atoms with van der Waals surface area (Å²) in [4.78, 5) is 0. The second kappa shape index (κ2) is 3.84. The van der Waals surface area contributed by atoms with Crippen LogP contribution in [0.5, 0.6) is 11.5 Å². The van der Waals surface area contributed by atoms with Gasteiger partial charge in [-0.1, -0.05) is 0 Å². The van der Waals surface area contributed by atoms with Gasteiger partial charge in [0.2, 0.25) is 11.6 Å². The highest BCUT2D eigenvalue weighted by molar-refractivity contribution is 5.55. The van der Waals surface area contributed by atoms with E-state index in [0.717, 1.165) is 0 Å². The third kappa shape index (κ3) is 1.42. The minimum Gasteiger partial charge on any atom is -0.490 e. The number of aliphatic hydroxyl groups excluding tert-OH is 1. The Labute approximate surface area is 97.0 Å². The monoisotopic (exact) mass is 242 g/mol. The molecule has 0 saturated heterocycles. The van der Waals surface area contributed by atoms with Crippen molar-refractivity contribution in [2.45, 2.75) is 18.8 Å². The first-order valence-corrected chi connectivity index (χ1v) is 5.64. The maximum absolute atomic E-state index is 13.7. The predicted molar refractivity (Wildman–Crippen MR) is 55.5 cm³/mol. The normalized spacial score (nSPS) is 20.8. The summed E-state index contributed by atoms with van der Waals surface area (Å²) < 4.78 is 37.7. The van der Waals surface area contributed by atoms with Crippen molar-refractivity contribution >= 4 is 0 Å². The zero-order chi connectivity index (χ0) is 12.0. The van der Waals surface area contributed by atoms with E-state index in [1.165, 1.54) is 0 Å². The van der Waals surface area contributed by atoms with E-state index in [4.69, 9.17) is 14.6 Å². The number of hydrogen-bond acceptors (Lipinski definition) is 3. The molecule has 0 saturated carbocycles. The molecule has 1 unspecified atom stereocenters. The molecular weight excluding hydrogens is 230 g/mol. The molecule has 17 heavy (non-hydrogen) atoms. The topological polar surface area (TPSA) is 38.7 Å². The lowest BCUT2D eigenvalue weighted by molar-refractivity contribution is 0.251. The number of benzene rings is 1. The average Bonchev–Trinajstić information content (AvgIpc) is 2.92. The van der Waals surface area contributed by atoms with E-state index in [0.29, 0.717) is 37.2 Å².